The number of aryl methyl sites for hydroxylation is 2. The molecule has 0 aliphatic rings. The molecule has 0 spiro atoms. The van der Waals surface area contributed by atoms with E-state index in [0.29, 0.717) is 17.2 Å². The molecule has 110 valence electrons. The predicted octanol–water partition coefficient (Wildman–Crippen LogP) is 4.06. The predicted molar refractivity (Wildman–Crippen MR) is 82.2 cm³/mol. The van der Waals surface area contributed by atoms with Gasteiger partial charge < -0.3 is 5.11 Å². The molecule has 0 fully saturated rings. The third-order valence-electron chi connectivity index (χ3n) is 3.38. The molecule has 22 heavy (non-hydrogen) atoms. The van der Waals surface area contributed by atoms with Crippen molar-refractivity contribution in [3.05, 3.63) is 59.4 Å². The molecule has 0 bridgehead atoms. The highest BCUT2D eigenvalue weighted by molar-refractivity contribution is 5.87. The summed E-state index contributed by atoms with van der Waals surface area (Å²) in [7, 11) is 0. The average Bonchev–Trinajstić information content (AvgIpc) is 2.81. The summed E-state index contributed by atoms with van der Waals surface area (Å²) in [6.45, 7) is 3.78. The lowest BCUT2D eigenvalue weighted by atomic mass is 10.2. The minimum absolute atomic E-state index is 0.178. The summed E-state index contributed by atoms with van der Waals surface area (Å²) >= 11 is 0. The maximum absolute atomic E-state index is 11.1. The van der Waals surface area contributed by atoms with Crippen LogP contribution in [0.25, 0.3) is 5.65 Å². The van der Waals surface area contributed by atoms with Crippen molar-refractivity contribution >= 4 is 23.1 Å². The van der Waals surface area contributed by atoms with Gasteiger partial charge in [-0.05, 0) is 37.6 Å². The summed E-state index contributed by atoms with van der Waals surface area (Å²) in [5.74, 6) is -0.462. The topological polar surface area (TPSA) is 79.3 Å². The second-order valence-electron chi connectivity index (χ2n) is 4.96. The molecule has 1 aromatic carbocycles. The number of carboxylic acid groups (broad SMARTS) is 1. The number of hydrogen-bond acceptors (Lipinski definition) is 4. The minimum atomic E-state index is -0.991. The standard InChI is InChI=1S/C16H14N4O2/c1-10-5-3-4-6-13(10)18-19-15-11(2)17-14-8-7-12(16(21)22)9-20(14)15/h3-9H,1-2H3,(H,21,22). The highest BCUT2D eigenvalue weighted by Crippen LogP contribution is 2.25. The van der Waals surface area contributed by atoms with E-state index in [-0.39, 0.29) is 5.56 Å². The number of rotatable bonds is 3. The van der Waals surface area contributed by atoms with Gasteiger partial charge in [-0.25, -0.2) is 9.78 Å². The summed E-state index contributed by atoms with van der Waals surface area (Å²) in [6.07, 6.45) is 1.50. The molecule has 3 aromatic rings. The summed E-state index contributed by atoms with van der Waals surface area (Å²) in [5.41, 5.74) is 3.30. The zero-order valence-electron chi connectivity index (χ0n) is 12.2. The van der Waals surface area contributed by atoms with Gasteiger partial charge in [0.05, 0.1) is 16.9 Å². The third kappa shape index (κ3) is 2.46. The quantitative estimate of drug-likeness (QED) is 0.739. The van der Waals surface area contributed by atoms with E-state index in [1.165, 1.54) is 12.3 Å². The van der Waals surface area contributed by atoms with Crippen molar-refractivity contribution in [3.63, 3.8) is 0 Å². The zero-order valence-corrected chi connectivity index (χ0v) is 12.2. The first-order valence-electron chi connectivity index (χ1n) is 6.75. The molecule has 3 rings (SSSR count). The van der Waals surface area contributed by atoms with Crippen LogP contribution in [0.5, 0.6) is 0 Å². The number of pyridine rings is 1. The van der Waals surface area contributed by atoms with Crippen molar-refractivity contribution in [2.45, 2.75) is 13.8 Å². The van der Waals surface area contributed by atoms with E-state index >= 15 is 0 Å². The molecule has 0 unspecified atom stereocenters. The highest BCUT2D eigenvalue weighted by atomic mass is 16.4. The lowest BCUT2D eigenvalue weighted by Crippen LogP contribution is -1.98. The van der Waals surface area contributed by atoms with Crippen LogP contribution in [-0.2, 0) is 0 Å². The van der Waals surface area contributed by atoms with E-state index < -0.39 is 5.97 Å². The SMILES string of the molecule is Cc1ccccc1N=Nc1c(C)nc2ccc(C(=O)O)cn12. The van der Waals surface area contributed by atoms with Crippen LogP contribution in [0.3, 0.4) is 0 Å². The Morgan fingerprint density at radius 2 is 1.91 bits per heavy atom. The third-order valence-corrected chi connectivity index (χ3v) is 3.38. The lowest BCUT2D eigenvalue weighted by molar-refractivity contribution is 0.0696. The van der Waals surface area contributed by atoms with Gasteiger partial charge in [0.1, 0.15) is 5.65 Å². The van der Waals surface area contributed by atoms with Crippen molar-refractivity contribution in [1.29, 1.82) is 0 Å². The van der Waals surface area contributed by atoms with Crippen LogP contribution < -0.4 is 0 Å². The number of carboxylic acids is 1. The number of fused-ring (bicyclic) bond motifs is 1. The van der Waals surface area contributed by atoms with Gasteiger partial charge in [-0.15, -0.1) is 10.2 Å². The number of benzene rings is 1. The van der Waals surface area contributed by atoms with Gasteiger partial charge in [0.15, 0.2) is 5.82 Å². The molecule has 0 amide bonds. The molecule has 0 saturated heterocycles. The fourth-order valence-electron chi connectivity index (χ4n) is 2.17. The molecule has 0 atom stereocenters. The Morgan fingerprint density at radius 1 is 1.14 bits per heavy atom. The van der Waals surface area contributed by atoms with Gasteiger partial charge in [-0.2, -0.15) is 0 Å². The Bertz CT molecular complexity index is 896. The van der Waals surface area contributed by atoms with Crippen LogP contribution in [0.1, 0.15) is 21.6 Å². The maximum Gasteiger partial charge on any atom is 0.337 e. The van der Waals surface area contributed by atoms with Gasteiger partial charge >= 0.3 is 5.97 Å². The van der Waals surface area contributed by atoms with Crippen LogP contribution in [0.4, 0.5) is 11.5 Å². The smallest absolute Gasteiger partial charge is 0.337 e. The monoisotopic (exact) mass is 294 g/mol. The van der Waals surface area contributed by atoms with E-state index in [2.05, 4.69) is 15.2 Å². The molecule has 0 aliphatic heterocycles. The molecule has 2 aromatic heterocycles. The van der Waals surface area contributed by atoms with Gasteiger partial charge in [0.2, 0.25) is 0 Å². The summed E-state index contributed by atoms with van der Waals surface area (Å²) in [6, 6.07) is 10.8. The van der Waals surface area contributed by atoms with E-state index in [4.69, 9.17) is 5.11 Å². The van der Waals surface area contributed by atoms with Gasteiger partial charge in [0, 0.05) is 6.20 Å². The van der Waals surface area contributed by atoms with Crippen LogP contribution >= 0.6 is 0 Å². The summed E-state index contributed by atoms with van der Waals surface area (Å²) in [5, 5.41) is 17.6. The second-order valence-corrected chi connectivity index (χ2v) is 4.96. The van der Waals surface area contributed by atoms with E-state index in [1.54, 1.807) is 10.5 Å². The molecule has 2 heterocycles. The Balaban J connectivity index is 2.10. The number of imidazole rings is 1. The number of hydrogen-bond donors (Lipinski definition) is 1. The van der Waals surface area contributed by atoms with Crippen molar-refractivity contribution in [2.24, 2.45) is 10.2 Å². The first-order valence-corrected chi connectivity index (χ1v) is 6.75. The fourth-order valence-corrected chi connectivity index (χ4v) is 2.17. The molecule has 1 N–H and O–H groups in total. The van der Waals surface area contributed by atoms with Crippen LogP contribution in [0.2, 0.25) is 0 Å². The number of aromatic nitrogens is 2. The molecular weight excluding hydrogens is 280 g/mol. The summed E-state index contributed by atoms with van der Waals surface area (Å²) in [4.78, 5) is 15.5. The molecule has 6 heteroatoms. The Labute approximate surface area is 126 Å². The minimum Gasteiger partial charge on any atom is -0.478 e. The second kappa shape index (κ2) is 5.40. The fraction of sp³-hybridized carbons (Fsp3) is 0.125. The van der Waals surface area contributed by atoms with Crippen LogP contribution in [-0.4, -0.2) is 20.5 Å². The van der Waals surface area contributed by atoms with E-state index in [1.807, 2.05) is 38.1 Å². The van der Waals surface area contributed by atoms with Gasteiger partial charge in [-0.1, -0.05) is 18.2 Å². The number of aromatic carboxylic acids is 1. The highest BCUT2D eigenvalue weighted by Gasteiger charge is 2.11. The van der Waals surface area contributed by atoms with Crippen molar-refractivity contribution < 1.29 is 9.90 Å². The maximum atomic E-state index is 11.1. The van der Waals surface area contributed by atoms with Crippen molar-refractivity contribution in [2.75, 3.05) is 0 Å². The Morgan fingerprint density at radius 3 is 2.64 bits per heavy atom. The number of nitrogens with zero attached hydrogens (tertiary/aromatic N) is 4. The van der Waals surface area contributed by atoms with Crippen LogP contribution in [0, 0.1) is 13.8 Å². The summed E-state index contributed by atoms with van der Waals surface area (Å²) < 4.78 is 1.64. The molecule has 0 aliphatic carbocycles. The number of carbonyl (C=O) groups is 1. The molecule has 0 saturated carbocycles. The molecule has 0 radical (unpaired) electrons. The average molecular weight is 294 g/mol. The number of azo groups is 1. The van der Waals surface area contributed by atoms with E-state index in [9.17, 15) is 4.79 Å². The Hall–Kier alpha value is -3.02. The van der Waals surface area contributed by atoms with Crippen molar-refractivity contribution in [3.8, 4) is 0 Å². The van der Waals surface area contributed by atoms with Crippen LogP contribution in [0.15, 0.2) is 52.8 Å². The van der Waals surface area contributed by atoms with Gasteiger partial charge in [-0.3, -0.25) is 4.40 Å². The normalized spacial score (nSPS) is 11.4. The zero-order chi connectivity index (χ0) is 15.7. The van der Waals surface area contributed by atoms with Gasteiger partial charge in [0.25, 0.3) is 0 Å². The first kappa shape index (κ1) is 13.9. The lowest BCUT2D eigenvalue weighted by Gasteiger charge is -2.00. The van der Waals surface area contributed by atoms with Crippen molar-refractivity contribution in [1.82, 2.24) is 9.38 Å². The van der Waals surface area contributed by atoms with E-state index in [0.717, 1.165) is 11.3 Å². The molecule has 6 nitrogen and oxygen atoms in total. The molecular formula is C16H14N4O2. The first-order chi connectivity index (χ1) is 10.6. The Kier molecular flexibility index (Phi) is 3.42. The largest absolute Gasteiger partial charge is 0.478 e.